The van der Waals surface area contributed by atoms with Crippen molar-refractivity contribution in [1.82, 2.24) is 5.32 Å². The molecule has 0 atom stereocenters. The van der Waals surface area contributed by atoms with Crippen LogP contribution >= 0.6 is 15.9 Å². The normalized spacial score (nSPS) is 9.37. The average molecular weight is 328 g/mol. The lowest BCUT2D eigenvalue weighted by molar-refractivity contribution is 0.187. The molecule has 3 N–H and O–H groups in total. The Labute approximate surface area is 119 Å². The van der Waals surface area contributed by atoms with Crippen LogP contribution in [0.1, 0.15) is 0 Å². The van der Waals surface area contributed by atoms with E-state index in [9.17, 15) is 9.59 Å². The smallest absolute Gasteiger partial charge is 0.411 e. The van der Waals surface area contributed by atoms with E-state index in [0.29, 0.717) is 22.4 Å². The maximum atomic E-state index is 11.5. The molecule has 3 amide bonds. The summed E-state index contributed by atoms with van der Waals surface area (Å²) in [6, 6.07) is 6.32. The van der Waals surface area contributed by atoms with Crippen LogP contribution in [0.4, 0.5) is 21.0 Å². The highest BCUT2D eigenvalue weighted by Gasteiger charge is 2.04. The summed E-state index contributed by atoms with van der Waals surface area (Å²) in [5, 5.41) is 7.72. The molecule has 0 bridgehead atoms. The molecule has 0 unspecified atom stereocenters. The number of benzene rings is 1. The maximum absolute atomic E-state index is 11.5. The number of carbonyl (C=O) groups excluding carboxylic acids is 2. The van der Waals surface area contributed by atoms with E-state index in [1.54, 1.807) is 24.3 Å². The Hall–Kier alpha value is -2.02. The van der Waals surface area contributed by atoms with E-state index in [4.69, 9.17) is 0 Å². The SMILES string of the molecule is C=C(Br)CNC(=O)Nc1cccc(NC(=O)OC)c1. The van der Waals surface area contributed by atoms with Gasteiger partial charge in [0.15, 0.2) is 0 Å². The zero-order valence-electron chi connectivity index (χ0n) is 10.3. The minimum atomic E-state index is -0.572. The molecule has 19 heavy (non-hydrogen) atoms. The Balaban J connectivity index is 2.59. The van der Waals surface area contributed by atoms with Crippen molar-refractivity contribution in [2.24, 2.45) is 0 Å². The molecule has 0 saturated carbocycles. The van der Waals surface area contributed by atoms with Gasteiger partial charge in [0.1, 0.15) is 0 Å². The third-order valence-electron chi connectivity index (χ3n) is 1.99. The molecule has 0 heterocycles. The van der Waals surface area contributed by atoms with E-state index in [0.717, 1.165) is 0 Å². The molecule has 0 saturated heterocycles. The third-order valence-corrected chi connectivity index (χ3v) is 2.27. The fourth-order valence-electron chi connectivity index (χ4n) is 1.20. The van der Waals surface area contributed by atoms with Crippen LogP contribution in [0, 0.1) is 0 Å². The van der Waals surface area contributed by atoms with Gasteiger partial charge in [-0.05, 0) is 18.2 Å². The summed E-state index contributed by atoms with van der Waals surface area (Å²) >= 11 is 3.14. The predicted molar refractivity (Wildman–Crippen MR) is 77.6 cm³/mol. The quantitative estimate of drug-likeness (QED) is 0.795. The Kier molecular flexibility index (Phi) is 5.87. The molecule has 6 nitrogen and oxygen atoms in total. The van der Waals surface area contributed by atoms with Gasteiger partial charge in [0, 0.05) is 15.9 Å². The molecule has 1 aromatic carbocycles. The molecule has 1 aromatic rings. The second-order valence-electron chi connectivity index (χ2n) is 3.52. The number of carbonyl (C=O) groups is 2. The Morgan fingerprint density at radius 1 is 1.32 bits per heavy atom. The minimum absolute atomic E-state index is 0.325. The van der Waals surface area contributed by atoms with Crippen LogP contribution in [-0.4, -0.2) is 25.8 Å². The monoisotopic (exact) mass is 327 g/mol. The standard InChI is InChI=1S/C12H14BrN3O3/c1-8(13)7-14-11(17)15-9-4-3-5-10(6-9)16-12(18)19-2/h3-6H,1,7H2,2H3,(H,16,18)(H2,14,15,17). The summed E-state index contributed by atoms with van der Waals surface area (Å²) in [5.41, 5.74) is 1.07. The van der Waals surface area contributed by atoms with Gasteiger partial charge in [-0.3, -0.25) is 5.32 Å². The minimum Gasteiger partial charge on any atom is -0.453 e. The molecule has 7 heteroatoms. The van der Waals surface area contributed by atoms with Crippen molar-refractivity contribution in [2.75, 3.05) is 24.3 Å². The zero-order valence-corrected chi connectivity index (χ0v) is 11.9. The van der Waals surface area contributed by atoms with Gasteiger partial charge < -0.3 is 15.4 Å². The van der Waals surface area contributed by atoms with Crippen LogP contribution in [0.3, 0.4) is 0 Å². The number of methoxy groups -OCH3 is 1. The molecule has 0 aliphatic heterocycles. The van der Waals surface area contributed by atoms with E-state index in [2.05, 4.69) is 43.2 Å². The molecule has 0 aromatic heterocycles. The molecule has 0 aliphatic rings. The number of urea groups is 1. The van der Waals surface area contributed by atoms with E-state index in [1.165, 1.54) is 7.11 Å². The fraction of sp³-hybridized carbons (Fsp3) is 0.167. The first-order chi connectivity index (χ1) is 9.01. The molecule has 0 fully saturated rings. The number of nitrogens with one attached hydrogen (secondary N) is 3. The second kappa shape index (κ2) is 7.42. The highest BCUT2D eigenvalue weighted by molar-refractivity contribution is 9.11. The molecule has 0 spiro atoms. The largest absolute Gasteiger partial charge is 0.453 e. The van der Waals surface area contributed by atoms with Crippen molar-refractivity contribution < 1.29 is 14.3 Å². The van der Waals surface area contributed by atoms with Crippen molar-refractivity contribution in [1.29, 1.82) is 0 Å². The van der Waals surface area contributed by atoms with Gasteiger partial charge in [0.2, 0.25) is 0 Å². The molecular weight excluding hydrogens is 314 g/mol. The molecule has 102 valence electrons. The van der Waals surface area contributed by atoms with Gasteiger partial charge in [0.25, 0.3) is 0 Å². The van der Waals surface area contributed by atoms with Gasteiger partial charge in [0.05, 0.1) is 13.7 Å². The summed E-state index contributed by atoms with van der Waals surface area (Å²) in [6.45, 7) is 3.93. The number of halogens is 1. The zero-order chi connectivity index (χ0) is 14.3. The first-order valence-corrected chi connectivity index (χ1v) is 6.13. The van der Waals surface area contributed by atoms with Crippen LogP contribution in [-0.2, 0) is 4.74 Å². The third kappa shape index (κ3) is 5.91. The number of hydrogen-bond donors (Lipinski definition) is 3. The summed E-state index contributed by atoms with van der Waals surface area (Å²) in [4.78, 5) is 22.6. The lowest BCUT2D eigenvalue weighted by Gasteiger charge is -2.09. The number of ether oxygens (including phenoxy) is 1. The number of hydrogen-bond acceptors (Lipinski definition) is 3. The Morgan fingerprint density at radius 3 is 2.53 bits per heavy atom. The number of rotatable bonds is 4. The summed E-state index contributed by atoms with van der Waals surface area (Å²) in [5.74, 6) is 0. The number of anilines is 2. The molecule has 0 radical (unpaired) electrons. The van der Waals surface area contributed by atoms with Crippen molar-refractivity contribution in [2.45, 2.75) is 0 Å². The highest BCUT2D eigenvalue weighted by Crippen LogP contribution is 2.15. The van der Waals surface area contributed by atoms with Crippen LogP contribution in [0.5, 0.6) is 0 Å². The van der Waals surface area contributed by atoms with Crippen LogP contribution in [0.15, 0.2) is 35.3 Å². The van der Waals surface area contributed by atoms with Crippen molar-refractivity contribution >= 4 is 39.4 Å². The summed E-state index contributed by atoms with van der Waals surface area (Å²) in [6.07, 6.45) is -0.572. The van der Waals surface area contributed by atoms with Gasteiger partial charge in [-0.15, -0.1) is 0 Å². The molecule has 0 aliphatic carbocycles. The van der Waals surface area contributed by atoms with Gasteiger partial charge in [-0.1, -0.05) is 28.6 Å². The highest BCUT2D eigenvalue weighted by atomic mass is 79.9. The Bertz CT molecular complexity index is 491. The lowest BCUT2D eigenvalue weighted by Crippen LogP contribution is -2.29. The number of amides is 3. The van der Waals surface area contributed by atoms with Crippen LogP contribution in [0.2, 0.25) is 0 Å². The van der Waals surface area contributed by atoms with Crippen molar-refractivity contribution in [3.8, 4) is 0 Å². The Morgan fingerprint density at radius 2 is 1.95 bits per heavy atom. The van der Waals surface area contributed by atoms with E-state index < -0.39 is 6.09 Å². The van der Waals surface area contributed by atoms with Crippen LogP contribution < -0.4 is 16.0 Å². The topological polar surface area (TPSA) is 79.5 Å². The van der Waals surface area contributed by atoms with Gasteiger partial charge in [-0.2, -0.15) is 0 Å². The summed E-state index contributed by atoms with van der Waals surface area (Å²) < 4.78 is 5.15. The van der Waals surface area contributed by atoms with Gasteiger partial charge >= 0.3 is 12.1 Å². The average Bonchev–Trinajstić information content (AvgIpc) is 2.36. The fourth-order valence-corrected chi connectivity index (χ4v) is 1.34. The molecular formula is C12H14BrN3O3. The first kappa shape index (κ1) is 15.0. The maximum Gasteiger partial charge on any atom is 0.411 e. The summed E-state index contributed by atoms with van der Waals surface area (Å²) in [7, 11) is 1.28. The molecule has 1 rings (SSSR count). The second-order valence-corrected chi connectivity index (χ2v) is 4.64. The van der Waals surface area contributed by atoms with E-state index in [1.807, 2.05) is 0 Å². The first-order valence-electron chi connectivity index (χ1n) is 5.34. The van der Waals surface area contributed by atoms with E-state index >= 15 is 0 Å². The van der Waals surface area contributed by atoms with Gasteiger partial charge in [-0.25, -0.2) is 9.59 Å². The predicted octanol–water partition coefficient (Wildman–Crippen LogP) is 2.90. The van der Waals surface area contributed by atoms with Crippen molar-refractivity contribution in [3.63, 3.8) is 0 Å². The van der Waals surface area contributed by atoms with E-state index in [-0.39, 0.29) is 6.03 Å². The van der Waals surface area contributed by atoms with Crippen LogP contribution in [0.25, 0.3) is 0 Å². The van der Waals surface area contributed by atoms with Crippen molar-refractivity contribution in [3.05, 3.63) is 35.3 Å². The lowest BCUT2D eigenvalue weighted by atomic mass is 10.3.